The molecule has 2 aliphatic rings. The highest BCUT2D eigenvalue weighted by molar-refractivity contribution is 7.99. The molecule has 6 heteroatoms. The molecule has 28 heavy (non-hydrogen) atoms. The molecule has 1 aromatic carbocycles. The maximum absolute atomic E-state index is 12.6. The molecular formula is C22H33N3O2S. The number of hydrogen-bond donors (Lipinski definition) is 1. The van der Waals surface area contributed by atoms with Crippen molar-refractivity contribution in [1.82, 2.24) is 15.1 Å². The highest BCUT2D eigenvalue weighted by Gasteiger charge is 2.32. The summed E-state index contributed by atoms with van der Waals surface area (Å²) in [7, 11) is 0. The standard InChI is InChI=1S/C22H33N3O2S/c1-28-17-21(26)24-14-10-20(11-15-24)25-13-5-8-19(16-25)22(27)23-12-9-18-6-3-2-4-7-18/h2-4,6-7,19-20H,5,8-17H2,1H3,(H,23,27)/t19-/m0/s1. The first kappa shape index (κ1) is 21.2. The quantitative estimate of drug-likeness (QED) is 0.760. The smallest absolute Gasteiger partial charge is 0.232 e. The summed E-state index contributed by atoms with van der Waals surface area (Å²) in [5.74, 6) is 1.15. The van der Waals surface area contributed by atoms with E-state index >= 15 is 0 Å². The largest absolute Gasteiger partial charge is 0.355 e. The van der Waals surface area contributed by atoms with Gasteiger partial charge in [0, 0.05) is 32.2 Å². The first-order valence-electron chi connectivity index (χ1n) is 10.5. The normalized spacial score (nSPS) is 21.5. The Kier molecular flexibility index (Phi) is 8.22. The van der Waals surface area contributed by atoms with Crippen LogP contribution in [0, 0.1) is 5.92 Å². The van der Waals surface area contributed by atoms with E-state index in [2.05, 4.69) is 22.3 Å². The molecule has 0 aliphatic carbocycles. The fourth-order valence-corrected chi connectivity index (χ4v) is 4.80. The van der Waals surface area contributed by atoms with Crippen LogP contribution < -0.4 is 5.32 Å². The minimum absolute atomic E-state index is 0.0978. The molecule has 2 amide bonds. The van der Waals surface area contributed by atoms with Crippen LogP contribution >= 0.6 is 11.8 Å². The van der Waals surface area contributed by atoms with Gasteiger partial charge >= 0.3 is 0 Å². The number of amides is 2. The van der Waals surface area contributed by atoms with E-state index in [-0.39, 0.29) is 17.7 Å². The number of piperidine rings is 2. The molecule has 1 atom stereocenters. The van der Waals surface area contributed by atoms with Crippen molar-refractivity contribution < 1.29 is 9.59 Å². The summed E-state index contributed by atoms with van der Waals surface area (Å²) < 4.78 is 0. The van der Waals surface area contributed by atoms with Crippen LogP contribution in [0.25, 0.3) is 0 Å². The Balaban J connectivity index is 1.41. The third-order valence-electron chi connectivity index (χ3n) is 5.98. The van der Waals surface area contributed by atoms with Crippen LogP contribution in [0.2, 0.25) is 0 Å². The number of likely N-dealkylation sites (tertiary alicyclic amines) is 2. The molecule has 1 aromatic rings. The van der Waals surface area contributed by atoms with Crippen molar-refractivity contribution in [3.8, 4) is 0 Å². The topological polar surface area (TPSA) is 52.7 Å². The Morgan fingerprint density at radius 1 is 1.11 bits per heavy atom. The van der Waals surface area contributed by atoms with Crippen molar-refractivity contribution in [1.29, 1.82) is 0 Å². The molecule has 2 fully saturated rings. The fourth-order valence-electron chi connectivity index (χ4n) is 4.37. The van der Waals surface area contributed by atoms with E-state index in [0.717, 1.165) is 58.3 Å². The number of hydrogen-bond acceptors (Lipinski definition) is 4. The number of benzene rings is 1. The summed E-state index contributed by atoms with van der Waals surface area (Å²) in [6, 6.07) is 10.8. The van der Waals surface area contributed by atoms with Crippen LogP contribution in [-0.4, -0.2) is 72.4 Å². The van der Waals surface area contributed by atoms with Gasteiger partial charge in [-0.15, -0.1) is 0 Å². The second-order valence-corrected chi connectivity index (χ2v) is 8.77. The molecule has 0 saturated carbocycles. The summed E-state index contributed by atoms with van der Waals surface area (Å²) in [5, 5.41) is 3.14. The average Bonchev–Trinajstić information content (AvgIpc) is 2.75. The molecular weight excluding hydrogens is 370 g/mol. The molecule has 2 saturated heterocycles. The Bertz CT molecular complexity index is 632. The number of thioether (sulfide) groups is 1. The lowest BCUT2D eigenvalue weighted by atomic mass is 9.93. The Morgan fingerprint density at radius 2 is 1.86 bits per heavy atom. The number of nitrogens with zero attached hydrogens (tertiary/aromatic N) is 2. The summed E-state index contributed by atoms with van der Waals surface area (Å²) in [6.07, 6.45) is 6.99. The van der Waals surface area contributed by atoms with Crippen LogP contribution in [0.4, 0.5) is 0 Å². The van der Waals surface area contributed by atoms with Gasteiger partial charge in [0.2, 0.25) is 11.8 Å². The van der Waals surface area contributed by atoms with Gasteiger partial charge in [0.15, 0.2) is 0 Å². The van der Waals surface area contributed by atoms with Crippen molar-refractivity contribution >= 4 is 23.6 Å². The summed E-state index contributed by atoms with van der Waals surface area (Å²) in [5.41, 5.74) is 1.26. The van der Waals surface area contributed by atoms with E-state index in [1.807, 2.05) is 29.4 Å². The monoisotopic (exact) mass is 403 g/mol. The zero-order valence-corrected chi connectivity index (χ0v) is 17.8. The van der Waals surface area contributed by atoms with E-state index < -0.39 is 0 Å². The molecule has 3 rings (SSSR count). The molecule has 0 spiro atoms. The van der Waals surface area contributed by atoms with Gasteiger partial charge in [0.05, 0.1) is 11.7 Å². The zero-order chi connectivity index (χ0) is 19.8. The summed E-state index contributed by atoms with van der Waals surface area (Å²) >= 11 is 1.59. The molecule has 154 valence electrons. The Labute approximate surface area is 173 Å². The van der Waals surface area contributed by atoms with E-state index in [9.17, 15) is 9.59 Å². The SMILES string of the molecule is CSCC(=O)N1CCC(N2CCC[C@H](C(=O)NCCc3ccccc3)C2)CC1. The molecule has 0 radical (unpaired) electrons. The number of carbonyl (C=O) groups is 2. The van der Waals surface area contributed by atoms with Crippen LogP contribution in [0.15, 0.2) is 30.3 Å². The van der Waals surface area contributed by atoms with Gasteiger partial charge in [-0.3, -0.25) is 14.5 Å². The molecule has 0 unspecified atom stereocenters. The lowest BCUT2D eigenvalue weighted by molar-refractivity contribution is -0.130. The fraction of sp³-hybridized carbons (Fsp3) is 0.636. The van der Waals surface area contributed by atoms with E-state index in [1.165, 1.54) is 5.56 Å². The third kappa shape index (κ3) is 5.98. The van der Waals surface area contributed by atoms with Crippen molar-refractivity contribution in [2.45, 2.75) is 38.1 Å². The van der Waals surface area contributed by atoms with E-state index in [4.69, 9.17) is 0 Å². The number of carbonyl (C=O) groups excluding carboxylic acids is 2. The molecule has 1 N–H and O–H groups in total. The summed E-state index contributed by atoms with van der Waals surface area (Å²) in [6.45, 7) is 4.36. The second-order valence-electron chi connectivity index (χ2n) is 7.91. The molecule has 5 nitrogen and oxygen atoms in total. The van der Waals surface area contributed by atoms with E-state index in [1.54, 1.807) is 11.8 Å². The van der Waals surface area contributed by atoms with Gasteiger partial charge in [-0.1, -0.05) is 30.3 Å². The van der Waals surface area contributed by atoms with Gasteiger partial charge < -0.3 is 10.2 Å². The van der Waals surface area contributed by atoms with Gasteiger partial charge in [0.25, 0.3) is 0 Å². The predicted octanol–water partition coefficient (Wildman–Crippen LogP) is 2.41. The minimum atomic E-state index is 0.0978. The first-order chi connectivity index (χ1) is 13.7. The van der Waals surface area contributed by atoms with E-state index in [0.29, 0.717) is 18.3 Å². The average molecular weight is 404 g/mol. The van der Waals surface area contributed by atoms with Crippen LogP contribution in [0.1, 0.15) is 31.2 Å². The summed E-state index contributed by atoms with van der Waals surface area (Å²) in [4.78, 5) is 29.2. The van der Waals surface area contributed by atoms with Crippen LogP contribution in [0.3, 0.4) is 0 Å². The molecule has 0 aromatic heterocycles. The van der Waals surface area contributed by atoms with Gasteiger partial charge in [-0.25, -0.2) is 0 Å². The van der Waals surface area contributed by atoms with Gasteiger partial charge in [0.1, 0.15) is 0 Å². The predicted molar refractivity (Wildman–Crippen MR) is 115 cm³/mol. The van der Waals surface area contributed by atoms with Crippen molar-refractivity contribution in [3.63, 3.8) is 0 Å². The Morgan fingerprint density at radius 3 is 2.57 bits per heavy atom. The van der Waals surface area contributed by atoms with Gasteiger partial charge in [-0.2, -0.15) is 11.8 Å². The lowest BCUT2D eigenvalue weighted by Gasteiger charge is -2.42. The maximum atomic E-state index is 12.6. The number of rotatable bonds is 7. The highest BCUT2D eigenvalue weighted by Crippen LogP contribution is 2.24. The van der Waals surface area contributed by atoms with Crippen molar-refractivity contribution in [2.75, 3.05) is 44.7 Å². The maximum Gasteiger partial charge on any atom is 0.232 e. The minimum Gasteiger partial charge on any atom is -0.355 e. The first-order valence-corrected chi connectivity index (χ1v) is 11.9. The molecule has 0 bridgehead atoms. The van der Waals surface area contributed by atoms with Crippen LogP contribution in [0.5, 0.6) is 0 Å². The molecule has 2 aliphatic heterocycles. The lowest BCUT2D eigenvalue weighted by Crippen LogP contribution is -2.51. The highest BCUT2D eigenvalue weighted by atomic mass is 32.2. The third-order valence-corrected chi connectivity index (χ3v) is 6.52. The molecule has 2 heterocycles. The van der Waals surface area contributed by atoms with Gasteiger partial charge in [-0.05, 0) is 50.5 Å². The zero-order valence-electron chi connectivity index (χ0n) is 16.9. The van der Waals surface area contributed by atoms with Crippen LogP contribution in [-0.2, 0) is 16.0 Å². The van der Waals surface area contributed by atoms with Crippen molar-refractivity contribution in [2.24, 2.45) is 5.92 Å². The number of nitrogens with one attached hydrogen (secondary N) is 1. The second kappa shape index (κ2) is 10.9. The van der Waals surface area contributed by atoms with Crippen molar-refractivity contribution in [3.05, 3.63) is 35.9 Å². The Hall–Kier alpha value is -1.53.